The van der Waals surface area contributed by atoms with Crippen molar-refractivity contribution >= 4 is 0 Å². The van der Waals surface area contributed by atoms with Crippen LogP contribution in [-0.2, 0) is 6.61 Å². The van der Waals surface area contributed by atoms with E-state index in [1.54, 1.807) is 0 Å². The SMILES string of the molecule is Cc1ccc(-n2ccc(C)c2CO)cc1. The van der Waals surface area contributed by atoms with Crippen molar-refractivity contribution in [2.45, 2.75) is 20.5 Å². The highest BCUT2D eigenvalue weighted by Crippen LogP contribution is 2.17. The zero-order valence-electron chi connectivity index (χ0n) is 9.07. The molecule has 1 aromatic carbocycles. The second-order valence-electron chi connectivity index (χ2n) is 3.81. The van der Waals surface area contributed by atoms with Gasteiger partial charge in [-0.1, -0.05) is 17.7 Å². The number of hydrogen-bond acceptors (Lipinski definition) is 1. The molecule has 2 heteroatoms. The zero-order chi connectivity index (χ0) is 10.8. The molecule has 1 heterocycles. The molecule has 0 aliphatic rings. The van der Waals surface area contributed by atoms with E-state index in [-0.39, 0.29) is 6.61 Å². The van der Waals surface area contributed by atoms with Crippen LogP contribution in [0.1, 0.15) is 16.8 Å². The highest BCUT2D eigenvalue weighted by atomic mass is 16.3. The van der Waals surface area contributed by atoms with E-state index in [0.29, 0.717) is 0 Å². The van der Waals surface area contributed by atoms with Gasteiger partial charge in [0.25, 0.3) is 0 Å². The van der Waals surface area contributed by atoms with Crippen LogP contribution in [0, 0.1) is 13.8 Å². The van der Waals surface area contributed by atoms with Gasteiger partial charge in [-0.2, -0.15) is 0 Å². The van der Waals surface area contributed by atoms with E-state index < -0.39 is 0 Å². The summed E-state index contributed by atoms with van der Waals surface area (Å²) in [6.45, 7) is 4.15. The Balaban J connectivity index is 2.49. The lowest BCUT2D eigenvalue weighted by Gasteiger charge is -2.08. The van der Waals surface area contributed by atoms with E-state index in [2.05, 4.69) is 31.2 Å². The summed E-state index contributed by atoms with van der Waals surface area (Å²) in [7, 11) is 0. The Morgan fingerprint density at radius 1 is 1.07 bits per heavy atom. The average Bonchev–Trinajstić information content (AvgIpc) is 2.61. The summed E-state index contributed by atoms with van der Waals surface area (Å²) in [6.07, 6.45) is 1.99. The van der Waals surface area contributed by atoms with Gasteiger partial charge in [0, 0.05) is 11.9 Å². The van der Waals surface area contributed by atoms with Gasteiger partial charge in [0.15, 0.2) is 0 Å². The van der Waals surface area contributed by atoms with E-state index in [1.165, 1.54) is 5.56 Å². The Kier molecular flexibility index (Phi) is 2.60. The van der Waals surface area contributed by atoms with Crippen molar-refractivity contribution in [2.75, 3.05) is 0 Å². The molecule has 2 nitrogen and oxygen atoms in total. The van der Waals surface area contributed by atoms with Gasteiger partial charge < -0.3 is 9.67 Å². The van der Waals surface area contributed by atoms with Gasteiger partial charge in [0.05, 0.1) is 12.3 Å². The maximum absolute atomic E-state index is 9.28. The number of hydrogen-bond donors (Lipinski definition) is 1. The van der Waals surface area contributed by atoms with Crippen molar-refractivity contribution < 1.29 is 5.11 Å². The molecule has 0 radical (unpaired) electrons. The van der Waals surface area contributed by atoms with Gasteiger partial charge in [-0.25, -0.2) is 0 Å². The van der Waals surface area contributed by atoms with E-state index in [9.17, 15) is 5.11 Å². The average molecular weight is 201 g/mol. The Morgan fingerprint density at radius 2 is 1.73 bits per heavy atom. The van der Waals surface area contributed by atoms with Crippen molar-refractivity contribution in [1.29, 1.82) is 0 Å². The van der Waals surface area contributed by atoms with Crippen molar-refractivity contribution in [3.8, 4) is 5.69 Å². The molecule has 78 valence electrons. The molecule has 2 rings (SSSR count). The third kappa shape index (κ3) is 1.81. The predicted molar refractivity (Wildman–Crippen MR) is 61.2 cm³/mol. The van der Waals surface area contributed by atoms with Crippen LogP contribution in [-0.4, -0.2) is 9.67 Å². The first-order valence-corrected chi connectivity index (χ1v) is 5.07. The molecule has 0 fully saturated rings. The van der Waals surface area contributed by atoms with Gasteiger partial charge >= 0.3 is 0 Å². The van der Waals surface area contributed by atoms with Gasteiger partial charge in [0.2, 0.25) is 0 Å². The third-order valence-corrected chi connectivity index (χ3v) is 2.68. The molecule has 0 saturated heterocycles. The van der Waals surface area contributed by atoms with Crippen LogP contribution in [0.2, 0.25) is 0 Å². The van der Waals surface area contributed by atoms with Crippen LogP contribution in [0.15, 0.2) is 36.5 Å². The van der Waals surface area contributed by atoms with E-state index in [0.717, 1.165) is 16.9 Å². The first-order valence-electron chi connectivity index (χ1n) is 5.07. The van der Waals surface area contributed by atoms with E-state index in [4.69, 9.17) is 0 Å². The molecule has 2 aromatic rings. The summed E-state index contributed by atoms with van der Waals surface area (Å²) in [4.78, 5) is 0. The van der Waals surface area contributed by atoms with Crippen LogP contribution in [0.3, 0.4) is 0 Å². The quantitative estimate of drug-likeness (QED) is 0.793. The summed E-state index contributed by atoms with van der Waals surface area (Å²) in [5.41, 5.74) is 4.42. The Hall–Kier alpha value is -1.54. The molecule has 0 aliphatic carbocycles. The van der Waals surface area contributed by atoms with Crippen LogP contribution < -0.4 is 0 Å². The first kappa shape index (κ1) is 9.99. The molecule has 1 N–H and O–H groups in total. The smallest absolute Gasteiger partial charge is 0.0839 e. The summed E-state index contributed by atoms with van der Waals surface area (Å²) in [5, 5.41) is 9.28. The molecule has 0 unspecified atom stereocenters. The van der Waals surface area contributed by atoms with Crippen molar-refractivity contribution in [3.05, 3.63) is 53.3 Å². The minimum atomic E-state index is 0.0761. The molecule has 0 spiro atoms. The van der Waals surface area contributed by atoms with Crippen molar-refractivity contribution in [3.63, 3.8) is 0 Å². The molecule has 1 aromatic heterocycles. The highest BCUT2D eigenvalue weighted by Gasteiger charge is 2.05. The topological polar surface area (TPSA) is 25.2 Å². The number of aliphatic hydroxyl groups excluding tert-OH is 1. The second kappa shape index (κ2) is 3.91. The van der Waals surface area contributed by atoms with Gasteiger partial charge in [-0.15, -0.1) is 0 Å². The van der Waals surface area contributed by atoms with Crippen molar-refractivity contribution in [2.24, 2.45) is 0 Å². The standard InChI is InChI=1S/C13H15NO/c1-10-3-5-12(6-4-10)14-8-7-11(2)13(14)9-15/h3-8,15H,9H2,1-2H3. The lowest BCUT2D eigenvalue weighted by Crippen LogP contribution is -1.99. The summed E-state index contributed by atoms with van der Waals surface area (Å²) < 4.78 is 2.02. The van der Waals surface area contributed by atoms with E-state index >= 15 is 0 Å². The van der Waals surface area contributed by atoms with Crippen LogP contribution in [0.4, 0.5) is 0 Å². The van der Waals surface area contributed by atoms with Crippen LogP contribution in [0.5, 0.6) is 0 Å². The lowest BCUT2D eigenvalue weighted by molar-refractivity contribution is 0.274. The summed E-state index contributed by atoms with van der Waals surface area (Å²) in [5.74, 6) is 0. The van der Waals surface area contributed by atoms with E-state index in [1.807, 2.05) is 23.8 Å². The number of aromatic nitrogens is 1. The molecule has 0 aliphatic heterocycles. The molecule has 0 saturated carbocycles. The Labute approximate surface area is 89.8 Å². The zero-order valence-corrected chi connectivity index (χ0v) is 9.07. The molecule has 15 heavy (non-hydrogen) atoms. The molecule has 0 bridgehead atoms. The fourth-order valence-corrected chi connectivity index (χ4v) is 1.71. The fourth-order valence-electron chi connectivity index (χ4n) is 1.71. The maximum Gasteiger partial charge on any atom is 0.0839 e. The monoisotopic (exact) mass is 201 g/mol. The van der Waals surface area contributed by atoms with Crippen LogP contribution in [0.25, 0.3) is 5.69 Å². The number of nitrogens with zero attached hydrogens (tertiary/aromatic N) is 1. The maximum atomic E-state index is 9.28. The third-order valence-electron chi connectivity index (χ3n) is 2.68. The number of benzene rings is 1. The highest BCUT2D eigenvalue weighted by molar-refractivity contribution is 5.39. The van der Waals surface area contributed by atoms with Crippen molar-refractivity contribution in [1.82, 2.24) is 4.57 Å². The predicted octanol–water partition coefficient (Wildman–Crippen LogP) is 2.59. The largest absolute Gasteiger partial charge is 0.390 e. The molecule has 0 atom stereocenters. The molecule has 0 amide bonds. The summed E-state index contributed by atoms with van der Waals surface area (Å²) >= 11 is 0. The normalized spacial score (nSPS) is 10.6. The lowest BCUT2D eigenvalue weighted by atomic mass is 10.2. The first-order chi connectivity index (χ1) is 7.22. The summed E-state index contributed by atoms with van der Waals surface area (Å²) in [6, 6.07) is 10.3. The Morgan fingerprint density at radius 3 is 2.33 bits per heavy atom. The second-order valence-corrected chi connectivity index (χ2v) is 3.81. The Bertz CT molecular complexity index is 454. The fraction of sp³-hybridized carbons (Fsp3) is 0.231. The number of aryl methyl sites for hydroxylation is 2. The van der Waals surface area contributed by atoms with Crippen LogP contribution >= 0.6 is 0 Å². The minimum Gasteiger partial charge on any atom is -0.390 e. The molecular weight excluding hydrogens is 186 g/mol. The number of rotatable bonds is 2. The van der Waals surface area contributed by atoms with Gasteiger partial charge in [0.1, 0.15) is 0 Å². The molecular formula is C13H15NO. The minimum absolute atomic E-state index is 0.0761. The van der Waals surface area contributed by atoms with Gasteiger partial charge in [-0.3, -0.25) is 0 Å². The number of aliphatic hydroxyl groups is 1. The van der Waals surface area contributed by atoms with Gasteiger partial charge in [-0.05, 0) is 37.6 Å².